The zero-order valence-electron chi connectivity index (χ0n) is 38.6. The van der Waals surface area contributed by atoms with Gasteiger partial charge in [-0.25, -0.2) is 9.59 Å². The maximum absolute atomic E-state index is 14.2. The molecule has 4 amide bonds. The molecule has 0 radical (unpaired) electrons. The summed E-state index contributed by atoms with van der Waals surface area (Å²) in [5.41, 5.74) is 6.41. The SMILES string of the molecule is COC(=O)[C@H](CC(C)C)NC(=O)[C@@H](C)NC(=O)[C@H](Cc1ccc(OC(C)(C)C)cc1)NC(=O)[C@H](COC(C)(C)C)NC(=O)[C@@H](N)Cc1cn(C(=O)OC(C)(C)C)c2ccccc12. The summed E-state index contributed by atoms with van der Waals surface area (Å²) in [6.07, 6.45) is 1.31. The first-order valence-corrected chi connectivity index (χ1v) is 21.0. The lowest BCUT2D eigenvalue weighted by molar-refractivity contribution is -0.145. The Hall–Kier alpha value is -5.48. The molecule has 342 valence electrons. The molecule has 0 saturated heterocycles. The van der Waals surface area contributed by atoms with Crippen molar-refractivity contribution in [2.75, 3.05) is 13.7 Å². The average Bonchev–Trinajstić information content (AvgIpc) is 3.52. The molecular weight excluding hydrogens is 797 g/mol. The van der Waals surface area contributed by atoms with Crippen LogP contribution in [-0.2, 0) is 51.0 Å². The minimum atomic E-state index is -1.31. The van der Waals surface area contributed by atoms with E-state index in [1.54, 1.807) is 90.2 Å². The maximum Gasteiger partial charge on any atom is 0.419 e. The van der Waals surface area contributed by atoms with Gasteiger partial charge in [0.25, 0.3) is 0 Å². The summed E-state index contributed by atoms with van der Waals surface area (Å²) in [4.78, 5) is 80.8. The smallest absolute Gasteiger partial charge is 0.419 e. The molecule has 0 bridgehead atoms. The summed E-state index contributed by atoms with van der Waals surface area (Å²) in [7, 11) is 1.23. The van der Waals surface area contributed by atoms with Crippen molar-refractivity contribution in [1.82, 2.24) is 25.8 Å². The second kappa shape index (κ2) is 21.5. The van der Waals surface area contributed by atoms with Gasteiger partial charge in [0.05, 0.1) is 30.9 Å². The summed E-state index contributed by atoms with van der Waals surface area (Å²) in [6.45, 7) is 21.4. The van der Waals surface area contributed by atoms with Gasteiger partial charge in [-0.1, -0.05) is 44.2 Å². The molecule has 0 aliphatic carbocycles. The van der Waals surface area contributed by atoms with Gasteiger partial charge in [0.15, 0.2) is 0 Å². The number of benzene rings is 2. The quantitative estimate of drug-likeness (QED) is 0.110. The van der Waals surface area contributed by atoms with Gasteiger partial charge in [-0.2, -0.15) is 0 Å². The fourth-order valence-electron chi connectivity index (χ4n) is 6.27. The third kappa shape index (κ3) is 16.4. The molecule has 2 aromatic carbocycles. The Morgan fingerprint density at radius 3 is 1.82 bits per heavy atom. The largest absolute Gasteiger partial charge is 0.488 e. The van der Waals surface area contributed by atoms with Crippen LogP contribution in [0, 0.1) is 5.92 Å². The van der Waals surface area contributed by atoms with Crippen LogP contribution in [0.25, 0.3) is 10.9 Å². The number of esters is 1. The minimum Gasteiger partial charge on any atom is -0.488 e. The van der Waals surface area contributed by atoms with Crippen molar-refractivity contribution in [1.29, 1.82) is 0 Å². The second-order valence-electron chi connectivity index (χ2n) is 18.9. The fraction of sp³-hybridized carbons (Fsp3) is 0.565. The van der Waals surface area contributed by atoms with Crippen molar-refractivity contribution in [3.05, 3.63) is 65.9 Å². The third-order valence-electron chi connectivity index (χ3n) is 9.16. The number of nitrogens with two attached hydrogens (primary N) is 1. The van der Waals surface area contributed by atoms with E-state index in [-0.39, 0.29) is 25.4 Å². The van der Waals surface area contributed by atoms with Crippen LogP contribution in [0.1, 0.15) is 101 Å². The van der Waals surface area contributed by atoms with Crippen molar-refractivity contribution in [2.45, 2.75) is 149 Å². The zero-order valence-corrected chi connectivity index (χ0v) is 38.6. The highest BCUT2D eigenvalue weighted by Crippen LogP contribution is 2.24. The number of rotatable bonds is 18. The highest BCUT2D eigenvalue weighted by molar-refractivity contribution is 5.96. The molecule has 3 aromatic rings. The minimum absolute atomic E-state index is 0.00449. The molecule has 0 saturated carbocycles. The van der Waals surface area contributed by atoms with Crippen molar-refractivity contribution in [3.8, 4) is 5.75 Å². The first kappa shape index (κ1) is 50.9. The zero-order chi connectivity index (χ0) is 46.7. The lowest BCUT2D eigenvalue weighted by Crippen LogP contribution is -2.59. The van der Waals surface area contributed by atoms with E-state index < -0.39 is 82.7 Å². The molecule has 0 aliphatic heterocycles. The van der Waals surface area contributed by atoms with Gasteiger partial charge >= 0.3 is 12.1 Å². The Bertz CT molecular complexity index is 2020. The predicted molar refractivity (Wildman–Crippen MR) is 236 cm³/mol. The van der Waals surface area contributed by atoms with Crippen molar-refractivity contribution >= 4 is 46.6 Å². The van der Waals surface area contributed by atoms with Gasteiger partial charge in [0.2, 0.25) is 23.6 Å². The Labute approximate surface area is 365 Å². The van der Waals surface area contributed by atoms with E-state index in [1.165, 1.54) is 18.6 Å². The molecule has 0 unspecified atom stereocenters. The van der Waals surface area contributed by atoms with E-state index in [4.69, 9.17) is 24.7 Å². The summed E-state index contributed by atoms with van der Waals surface area (Å²) < 4.78 is 23.8. The van der Waals surface area contributed by atoms with Gasteiger partial charge < -0.3 is 45.9 Å². The average molecular weight is 865 g/mol. The number of nitrogens with one attached hydrogen (secondary N) is 4. The Kier molecular flexibility index (Phi) is 17.7. The summed E-state index contributed by atoms with van der Waals surface area (Å²) >= 11 is 0. The Balaban J connectivity index is 1.90. The number of methoxy groups -OCH3 is 1. The van der Waals surface area contributed by atoms with Crippen LogP contribution in [-0.4, -0.2) is 101 Å². The normalized spacial score (nSPS) is 14.5. The topological polar surface area (TPSA) is 218 Å². The predicted octanol–water partition coefficient (Wildman–Crippen LogP) is 4.71. The lowest BCUT2D eigenvalue weighted by Gasteiger charge is -2.28. The number of fused-ring (bicyclic) bond motifs is 1. The van der Waals surface area contributed by atoms with E-state index >= 15 is 0 Å². The van der Waals surface area contributed by atoms with Crippen LogP contribution < -0.4 is 31.7 Å². The first-order chi connectivity index (χ1) is 28.7. The summed E-state index contributed by atoms with van der Waals surface area (Å²) in [6, 6.07) is 8.40. The monoisotopic (exact) mass is 864 g/mol. The number of carbonyl (C=O) groups excluding carboxylic acids is 6. The molecular formula is C46H68N6O10. The molecule has 6 N–H and O–H groups in total. The molecule has 0 aliphatic rings. The standard InChI is InChI=1S/C46H68N6O10/c1-27(2)22-35(42(57)59-13)50-38(53)28(3)48-40(55)34(23-29-18-20-31(21-19-29)61-45(7,8)9)49-41(56)36(26-60-44(4,5)6)51-39(54)33(47)24-30-25-52(43(58)62-46(10,11)12)37-17-15-14-16-32(30)37/h14-21,25,27-28,33-36H,22-24,26,47H2,1-13H3,(H,48,55)(H,49,56)(H,50,53)(H,51,54)/t28-,33+,34+,35+,36+/m1/s1. The number of hydrogen-bond acceptors (Lipinski definition) is 11. The number of amides is 4. The number of para-hydroxylation sites is 1. The van der Waals surface area contributed by atoms with Crippen LogP contribution in [0.15, 0.2) is 54.7 Å². The molecule has 16 heteroatoms. The van der Waals surface area contributed by atoms with E-state index in [1.807, 2.05) is 40.7 Å². The number of nitrogens with zero attached hydrogens (tertiary/aromatic N) is 1. The highest BCUT2D eigenvalue weighted by Gasteiger charge is 2.33. The van der Waals surface area contributed by atoms with E-state index in [9.17, 15) is 28.8 Å². The Morgan fingerprint density at radius 2 is 1.26 bits per heavy atom. The van der Waals surface area contributed by atoms with E-state index in [2.05, 4.69) is 21.3 Å². The van der Waals surface area contributed by atoms with Crippen LogP contribution >= 0.6 is 0 Å². The molecule has 3 rings (SSSR count). The molecule has 5 atom stereocenters. The van der Waals surface area contributed by atoms with Gasteiger partial charge in [-0.05, 0) is 117 Å². The maximum atomic E-state index is 14.2. The van der Waals surface area contributed by atoms with Crippen LogP contribution in [0.5, 0.6) is 5.75 Å². The van der Waals surface area contributed by atoms with Crippen molar-refractivity contribution in [3.63, 3.8) is 0 Å². The molecule has 1 heterocycles. The van der Waals surface area contributed by atoms with Crippen molar-refractivity contribution < 1.29 is 47.7 Å². The number of hydrogen-bond donors (Lipinski definition) is 5. The van der Waals surface area contributed by atoms with Crippen LogP contribution in [0.4, 0.5) is 4.79 Å². The molecule has 16 nitrogen and oxygen atoms in total. The third-order valence-corrected chi connectivity index (χ3v) is 9.16. The lowest BCUT2D eigenvalue weighted by atomic mass is 10.0. The molecule has 0 fully saturated rings. The Morgan fingerprint density at radius 1 is 0.677 bits per heavy atom. The molecule has 0 spiro atoms. The highest BCUT2D eigenvalue weighted by atomic mass is 16.6. The van der Waals surface area contributed by atoms with E-state index in [0.29, 0.717) is 34.2 Å². The number of aromatic nitrogens is 1. The van der Waals surface area contributed by atoms with Crippen molar-refractivity contribution in [2.24, 2.45) is 11.7 Å². The number of ether oxygens (including phenoxy) is 4. The molecule has 1 aromatic heterocycles. The summed E-state index contributed by atoms with van der Waals surface area (Å²) in [5.74, 6) is -2.72. The van der Waals surface area contributed by atoms with Gasteiger partial charge in [-0.15, -0.1) is 0 Å². The van der Waals surface area contributed by atoms with E-state index in [0.717, 1.165) is 0 Å². The van der Waals surface area contributed by atoms with Crippen LogP contribution in [0.3, 0.4) is 0 Å². The fourth-order valence-corrected chi connectivity index (χ4v) is 6.27. The second-order valence-corrected chi connectivity index (χ2v) is 18.9. The first-order valence-electron chi connectivity index (χ1n) is 21.0. The summed E-state index contributed by atoms with van der Waals surface area (Å²) in [5, 5.41) is 11.5. The number of carbonyl (C=O) groups is 6. The van der Waals surface area contributed by atoms with Gasteiger partial charge in [0, 0.05) is 18.0 Å². The van der Waals surface area contributed by atoms with Crippen LogP contribution in [0.2, 0.25) is 0 Å². The van der Waals surface area contributed by atoms with Gasteiger partial charge in [0.1, 0.15) is 41.1 Å². The van der Waals surface area contributed by atoms with Gasteiger partial charge in [-0.3, -0.25) is 23.7 Å². The molecule has 62 heavy (non-hydrogen) atoms.